The van der Waals surface area contributed by atoms with Gasteiger partial charge in [-0.05, 0) is 54.8 Å². The summed E-state index contributed by atoms with van der Waals surface area (Å²) in [6, 6.07) is 19.1. The number of aliphatic carboxylic acids is 3. The molecule has 0 aliphatic carbocycles. The summed E-state index contributed by atoms with van der Waals surface area (Å²) in [7, 11) is 0. The van der Waals surface area contributed by atoms with Crippen molar-refractivity contribution in [2.24, 2.45) is 5.92 Å². The molecular formula is C29H29NO9S. The molecule has 4 rings (SSSR count). The molecule has 1 aromatic heterocycles. The monoisotopic (exact) mass is 567 g/mol. The van der Waals surface area contributed by atoms with Gasteiger partial charge in [0.05, 0.1) is 6.61 Å². The number of benzene rings is 2. The van der Waals surface area contributed by atoms with Gasteiger partial charge in [-0.3, -0.25) is 9.59 Å². The minimum atomic E-state index is -3.04. The van der Waals surface area contributed by atoms with Gasteiger partial charge in [-0.15, -0.1) is 11.3 Å². The van der Waals surface area contributed by atoms with Gasteiger partial charge in [0.25, 0.3) is 5.91 Å². The maximum absolute atomic E-state index is 13.5. The van der Waals surface area contributed by atoms with Crippen molar-refractivity contribution in [3.05, 3.63) is 77.2 Å². The second kappa shape index (κ2) is 12.4. The number of amides is 1. The molecule has 2 aromatic carbocycles. The average Bonchev–Trinajstić information content (AvgIpc) is 3.57. The van der Waals surface area contributed by atoms with E-state index in [1.807, 2.05) is 66.7 Å². The summed E-state index contributed by atoms with van der Waals surface area (Å²) in [5.41, 5.74) is 1.08. The number of fused-ring (bicyclic) bond motifs is 1. The number of hydrogen-bond donors (Lipinski definition) is 3. The number of carbonyl (C=O) groups excluding carboxylic acids is 1. The normalized spacial score (nSPS) is 18.0. The van der Waals surface area contributed by atoms with E-state index >= 15 is 0 Å². The molecule has 1 amide bonds. The van der Waals surface area contributed by atoms with Crippen LogP contribution in [0.5, 0.6) is 0 Å². The number of nitrogens with zero attached hydrogens (tertiary/aromatic N) is 1. The summed E-state index contributed by atoms with van der Waals surface area (Å²) in [5, 5.41) is 29.4. The van der Waals surface area contributed by atoms with Crippen molar-refractivity contribution in [2.75, 3.05) is 13.2 Å². The van der Waals surface area contributed by atoms with E-state index in [0.29, 0.717) is 12.8 Å². The number of ether oxygens (including phenoxy) is 2. The largest absolute Gasteiger partial charge is 0.480 e. The van der Waals surface area contributed by atoms with Crippen LogP contribution in [0.4, 0.5) is 0 Å². The molecule has 11 heteroatoms. The van der Waals surface area contributed by atoms with E-state index in [-0.39, 0.29) is 5.92 Å². The van der Waals surface area contributed by atoms with Gasteiger partial charge in [-0.25, -0.2) is 9.59 Å². The smallest absolute Gasteiger partial charge is 0.377 e. The Bertz CT molecular complexity index is 1370. The molecule has 40 heavy (non-hydrogen) atoms. The Kier molecular flexibility index (Phi) is 8.98. The third-order valence-electron chi connectivity index (χ3n) is 6.85. The van der Waals surface area contributed by atoms with E-state index in [4.69, 9.17) is 9.47 Å². The van der Waals surface area contributed by atoms with Crippen LogP contribution < -0.4 is 0 Å². The Morgan fingerprint density at radius 1 is 1.05 bits per heavy atom. The van der Waals surface area contributed by atoms with Gasteiger partial charge in [0, 0.05) is 15.6 Å². The maximum Gasteiger partial charge on any atom is 0.377 e. The Labute approximate surface area is 234 Å². The molecule has 210 valence electrons. The van der Waals surface area contributed by atoms with E-state index < -0.39 is 54.9 Å². The number of aryl methyl sites for hydroxylation is 1. The van der Waals surface area contributed by atoms with Crippen molar-refractivity contribution >= 4 is 51.3 Å². The first-order valence-corrected chi connectivity index (χ1v) is 13.4. The first kappa shape index (κ1) is 28.9. The molecule has 3 unspecified atom stereocenters. The fraction of sp³-hybridized carbons (Fsp3) is 0.310. The molecule has 3 N–H and O–H groups in total. The molecular weight excluding hydrogens is 538 g/mol. The topological polar surface area (TPSA) is 151 Å². The van der Waals surface area contributed by atoms with Crippen LogP contribution in [0.3, 0.4) is 0 Å². The maximum atomic E-state index is 13.5. The van der Waals surface area contributed by atoms with Crippen LogP contribution in [-0.4, -0.2) is 75.1 Å². The summed E-state index contributed by atoms with van der Waals surface area (Å²) in [6.07, 6.45) is 3.54. The highest BCUT2D eigenvalue weighted by molar-refractivity contribution is 7.19. The number of thiophene rings is 1. The van der Waals surface area contributed by atoms with Gasteiger partial charge < -0.3 is 29.7 Å². The molecule has 1 aliphatic heterocycles. The molecule has 2 heterocycles. The average molecular weight is 568 g/mol. The fourth-order valence-corrected chi connectivity index (χ4v) is 5.64. The van der Waals surface area contributed by atoms with Crippen molar-refractivity contribution in [1.82, 2.24) is 4.90 Å². The predicted molar refractivity (Wildman–Crippen MR) is 147 cm³/mol. The van der Waals surface area contributed by atoms with E-state index in [2.05, 4.69) is 6.07 Å². The molecule has 3 aromatic rings. The van der Waals surface area contributed by atoms with E-state index in [9.17, 15) is 34.5 Å². The number of carbonyl (C=O) groups is 4. The molecule has 3 atom stereocenters. The summed E-state index contributed by atoms with van der Waals surface area (Å²) in [6.45, 7) is 0.376. The third-order valence-corrected chi connectivity index (χ3v) is 7.93. The lowest BCUT2D eigenvalue weighted by Gasteiger charge is -2.34. The van der Waals surface area contributed by atoms with Crippen LogP contribution in [0.1, 0.15) is 23.8 Å². The molecule has 0 bridgehead atoms. The summed E-state index contributed by atoms with van der Waals surface area (Å²) >= 11 is 1.61. The zero-order chi connectivity index (χ0) is 28.9. The van der Waals surface area contributed by atoms with Crippen LogP contribution in [0, 0.1) is 5.92 Å². The molecule has 0 spiro atoms. The Morgan fingerprint density at radius 3 is 2.35 bits per heavy atom. The van der Waals surface area contributed by atoms with E-state index in [0.717, 1.165) is 25.4 Å². The van der Waals surface area contributed by atoms with Gasteiger partial charge in [0.15, 0.2) is 6.10 Å². The van der Waals surface area contributed by atoms with E-state index in [1.165, 1.54) is 0 Å². The molecule has 0 radical (unpaired) electrons. The third kappa shape index (κ3) is 6.39. The van der Waals surface area contributed by atoms with Crippen molar-refractivity contribution in [3.8, 4) is 0 Å². The number of carboxylic acids is 3. The number of rotatable bonds is 12. The SMILES string of the molecule is CC(C(C=Cc1cc2ccccc2s1)CCc1ccccc1)N(CC(=O)O)C(=O)C1COC(C(=O)O)(C(=O)O)O1. The summed E-state index contributed by atoms with van der Waals surface area (Å²) < 4.78 is 11.1. The lowest BCUT2D eigenvalue weighted by Crippen LogP contribution is -2.52. The second-order valence-corrected chi connectivity index (χ2v) is 10.6. The van der Waals surface area contributed by atoms with Crippen molar-refractivity contribution < 1.29 is 44.0 Å². The molecule has 0 saturated carbocycles. The lowest BCUT2D eigenvalue weighted by atomic mass is 9.91. The highest BCUT2D eigenvalue weighted by Gasteiger charge is 2.58. The van der Waals surface area contributed by atoms with Crippen LogP contribution in [0.15, 0.2) is 66.7 Å². The highest BCUT2D eigenvalue weighted by Crippen LogP contribution is 2.30. The van der Waals surface area contributed by atoms with Gasteiger partial charge in [-0.1, -0.05) is 54.6 Å². The minimum Gasteiger partial charge on any atom is -0.480 e. The van der Waals surface area contributed by atoms with Gasteiger partial charge in [-0.2, -0.15) is 0 Å². The standard InChI is InChI=1S/C29H29NO9S/c1-18(30(16-25(31)32)26(33)23-17-38-29(39-23,27(34)35)28(36)37)20(12-11-19-7-3-2-4-8-19)13-14-22-15-21-9-5-6-10-24(21)40-22/h2-10,13-15,18,20,23H,11-12,16-17H2,1H3,(H,31,32)(H,34,35)(H,36,37). The predicted octanol–water partition coefficient (Wildman–Crippen LogP) is 3.75. The van der Waals surface area contributed by atoms with E-state index in [1.54, 1.807) is 18.3 Å². The second-order valence-electron chi connectivity index (χ2n) is 9.48. The molecule has 1 saturated heterocycles. The quantitative estimate of drug-likeness (QED) is 0.278. The summed E-state index contributed by atoms with van der Waals surface area (Å²) in [4.78, 5) is 50.5. The van der Waals surface area contributed by atoms with Crippen molar-refractivity contribution in [1.29, 1.82) is 0 Å². The van der Waals surface area contributed by atoms with Crippen molar-refractivity contribution in [2.45, 2.75) is 37.7 Å². The Balaban J connectivity index is 1.61. The van der Waals surface area contributed by atoms with Gasteiger partial charge >= 0.3 is 23.7 Å². The minimum absolute atomic E-state index is 0.306. The van der Waals surface area contributed by atoms with Crippen LogP contribution in [0.2, 0.25) is 0 Å². The number of hydrogen-bond acceptors (Lipinski definition) is 7. The fourth-order valence-electron chi connectivity index (χ4n) is 4.66. The first-order chi connectivity index (χ1) is 19.1. The zero-order valence-electron chi connectivity index (χ0n) is 21.6. The first-order valence-electron chi connectivity index (χ1n) is 12.6. The van der Waals surface area contributed by atoms with Gasteiger partial charge in [0.2, 0.25) is 0 Å². The van der Waals surface area contributed by atoms with Crippen LogP contribution in [0.25, 0.3) is 16.2 Å². The Morgan fingerprint density at radius 2 is 1.73 bits per heavy atom. The van der Waals surface area contributed by atoms with Gasteiger partial charge in [0.1, 0.15) is 6.54 Å². The Hall–Kier alpha value is -4.06. The highest BCUT2D eigenvalue weighted by atomic mass is 32.1. The zero-order valence-corrected chi connectivity index (χ0v) is 22.5. The van der Waals surface area contributed by atoms with Crippen LogP contribution in [-0.2, 0) is 35.1 Å². The van der Waals surface area contributed by atoms with Crippen molar-refractivity contribution in [3.63, 3.8) is 0 Å². The van der Waals surface area contributed by atoms with Crippen LogP contribution >= 0.6 is 11.3 Å². The lowest BCUT2D eigenvalue weighted by molar-refractivity contribution is -0.218. The molecule has 1 aliphatic rings. The molecule has 1 fully saturated rings. The number of carboxylic acid groups (broad SMARTS) is 3. The molecule has 10 nitrogen and oxygen atoms in total. The summed E-state index contributed by atoms with van der Waals surface area (Å²) in [5.74, 6) is -9.32.